The Morgan fingerprint density at radius 2 is 1.80 bits per heavy atom. The third-order valence-electron chi connectivity index (χ3n) is 2.91. The van der Waals surface area contributed by atoms with Gasteiger partial charge in [0.15, 0.2) is 9.84 Å². The lowest BCUT2D eigenvalue weighted by atomic mass is 10.1. The van der Waals surface area contributed by atoms with Crippen molar-refractivity contribution in [2.75, 3.05) is 0 Å². The fourth-order valence-corrected chi connectivity index (χ4v) is 4.42. The average Bonchev–Trinajstić information content (AvgIpc) is 2.39. The standard InChI is InChI=1S/C14H13BrFNO2S/c15-13-3-1-2-4-14(13)20(18,19)9-11-7-12(16)6-5-10(11)8-17/h1-7H,8-9,17H2. The number of benzene rings is 2. The van der Waals surface area contributed by atoms with Gasteiger partial charge in [-0.25, -0.2) is 12.8 Å². The molecule has 2 aromatic rings. The molecule has 0 atom stereocenters. The van der Waals surface area contributed by atoms with E-state index in [4.69, 9.17) is 5.73 Å². The Balaban J connectivity index is 2.44. The quantitative estimate of drug-likeness (QED) is 0.914. The van der Waals surface area contributed by atoms with Crippen LogP contribution >= 0.6 is 15.9 Å². The molecule has 0 bridgehead atoms. The molecule has 6 heteroatoms. The van der Waals surface area contributed by atoms with Crippen LogP contribution in [0.15, 0.2) is 51.8 Å². The monoisotopic (exact) mass is 357 g/mol. The Morgan fingerprint density at radius 3 is 2.45 bits per heavy atom. The minimum absolute atomic E-state index is 0.168. The number of nitrogens with two attached hydrogens (primary N) is 1. The van der Waals surface area contributed by atoms with Crippen molar-refractivity contribution >= 4 is 25.8 Å². The Morgan fingerprint density at radius 1 is 1.10 bits per heavy atom. The molecule has 0 fully saturated rings. The first-order valence-corrected chi connectivity index (χ1v) is 8.33. The molecule has 0 saturated carbocycles. The largest absolute Gasteiger partial charge is 0.326 e. The fraction of sp³-hybridized carbons (Fsp3) is 0.143. The van der Waals surface area contributed by atoms with Gasteiger partial charge in [0.1, 0.15) is 5.82 Å². The lowest BCUT2D eigenvalue weighted by Gasteiger charge is -2.10. The zero-order valence-electron chi connectivity index (χ0n) is 10.5. The molecule has 0 radical (unpaired) electrons. The van der Waals surface area contributed by atoms with Gasteiger partial charge in [-0.3, -0.25) is 0 Å². The van der Waals surface area contributed by atoms with Crippen molar-refractivity contribution in [2.45, 2.75) is 17.2 Å². The van der Waals surface area contributed by atoms with Crippen molar-refractivity contribution in [3.63, 3.8) is 0 Å². The Hall–Kier alpha value is -1.24. The van der Waals surface area contributed by atoms with Gasteiger partial charge in [-0.1, -0.05) is 18.2 Å². The molecule has 2 N–H and O–H groups in total. The van der Waals surface area contributed by atoms with E-state index in [9.17, 15) is 12.8 Å². The summed E-state index contributed by atoms with van der Waals surface area (Å²) in [5.41, 5.74) is 6.58. The molecule has 0 unspecified atom stereocenters. The van der Waals surface area contributed by atoms with E-state index in [1.165, 1.54) is 24.3 Å². The molecule has 20 heavy (non-hydrogen) atoms. The zero-order valence-corrected chi connectivity index (χ0v) is 12.9. The number of hydrogen-bond donors (Lipinski definition) is 1. The number of sulfone groups is 1. The van der Waals surface area contributed by atoms with Crippen LogP contribution in [0.25, 0.3) is 0 Å². The van der Waals surface area contributed by atoms with Crippen LogP contribution in [0.5, 0.6) is 0 Å². The lowest BCUT2D eigenvalue weighted by Crippen LogP contribution is -2.10. The Kier molecular flexibility index (Phi) is 4.57. The highest BCUT2D eigenvalue weighted by Gasteiger charge is 2.19. The first-order chi connectivity index (χ1) is 9.44. The van der Waals surface area contributed by atoms with Crippen LogP contribution in [-0.4, -0.2) is 8.42 Å². The molecule has 0 amide bonds. The molecule has 2 aromatic carbocycles. The highest BCUT2D eigenvalue weighted by Crippen LogP contribution is 2.26. The van der Waals surface area contributed by atoms with Gasteiger partial charge in [0.05, 0.1) is 10.6 Å². The zero-order chi connectivity index (χ0) is 14.8. The lowest BCUT2D eigenvalue weighted by molar-refractivity contribution is 0.594. The highest BCUT2D eigenvalue weighted by atomic mass is 79.9. The van der Waals surface area contributed by atoms with E-state index in [-0.39, 0.29) is 17.2 Å². The van der Waals surface area contributed by atoms with E-state index < -0.39 is 15.7 Å². The predicted octanol–water partition coefficient (Wildman–Crippen LogP) is 3.02. The third-order valence-corrected chi connectivity index (χ3v) is 5.58. The van der Waals surface area contributed by atoms with E-state index >= 15 is 0 Å². The summed E-state index contributed by atoms with van der Waals surface area (Å²) in [4.78, 5) is 0.187. The van der Waals surface area contributed by atoms with Gasteiger partial charge < -0.3 is 5.73 Å². The fourth-order valence-electron chi connectivity index (χ4n) is 1.91. The van der Waals surface area contributed by atoms with Gasteiger partial charge in [-0.2, -0.15) is 0 Å². The first-order valence-electron chi connectivity index (χ1n) is 5.88. The summed E-state index contributed by atoms with van der Waals surface area (Å²) in [6.45, 7) is 0.168. The number of rotatable bonds is 4. The van der Waals surface area contributed by atoms with Crippen LogP contribution in [0.3, 0.4) is 0 Å². The van der Waals surface area contributed by atoms with Gasteiger partial charge in [0.2, 0.25) is 0 Å². The molecule has 0 aliphatic heterocycles. The second-order valence-electron chi connectivity index (χ2n) is 4.31. The maximum Gasteiger partial charge on any atom is 0.183 e. The van der Waals surface area contributed by atoms with E-state index in [1.54, 1.807) is 18.2 Å². The topological polar surface area (TPSA) is 60.2 Å². The van der Waals surface area contributed by atoms with Crippen molar-refractivity contribution in [1.29, 1.82) is 0 Å². The molecular weight excluding hydrogens is 345 g/mol. The minimum Gasteiger partial charge on any atom is -0.326 e. The molecule has 0 aliphatic carbocycles. The number of halogens is 2. The summed E-state index contributed by atoms with van der Waals surface area (Å²) >= 11 is 3.22. The van der Waals surface area contributed by atoms with Crippen LogP contribution in [0, 0.1) is 5.82 Å². The molecule has 0 heterocycles. The summed E-state index contributed by atoms with van der Waals surface area (Å²) in [6, 6.07) is 10.6. The molecule has 3 nitrogen and oxygen atoms in total. The summed E-state index contributed by atoms with van der Waals surface area (Å²) in [7, 11) is -3.56. The molecular formula is C14H13BrFNO2S. The number of hydrogen-bond acceptors (Lipinski definition) is 3. The molecule has 2 rings (SSSR count). The van der Waals surface area contributed by atoms with Gasteiger partial charge >= 0.3 is 0 Å². The van der Waals surface area contributed by atoms with Crippen LogP contribution in [0.4, 0.5) is 4.39 Å². The van der Waals surface area contributed by atoms with E-state index in [1.807, 2.05) is 0 Å². The van der Waals surface area contributed by atoms with Crippen LogP contribution < -0.4 is 5.73 Å². The highest BCUT2D eigenvalue weighted by molar-refractivity contribution is 9.10. The Labute approximate surface area is 125 Å². The van der Waals surface area contributed by atoms with E-state index in [0.29, 0.717) is 15.6 Å². The van der Waals surface area contributed by atoms with Crippen LogP contribution in [0.2, 0.25) is 0 Å². The van der Waals surface area contributed by atoms with Crippen molar-refractivity contribution in [2.24, 2.45) is 5.73 Å². The van der Waals surface area contributed by atoms with Gasteiger partial charge in [0, 0.05) is 11.0 Å². The molecule has 106 valence electrons. The van der Waals surface area contributed by atoms with Crippen LogP contribution in [0.1, 0.15) is 11.1 Å². The van der Waals surface area contributed by atoms with E-state index in [2.05, 4.69) is 15.9 Å². The maximum atomic E-state index is 13.3. The van der Waals surface area contributed by atoms with Crippen molar-refractivity contribution in [1.82, 2.24) is 0 Å². The molecule has 0 aliphatic rings. The minimum atomic E-state index is -3.56. The molecule has 0 spiro atoms. The molecule has 0 aromatic heterocycles. The molecule has 0 saturated heterocycles. The second kappa shape index (κ2) is 6.03. The third kappa shape index (κ3) is 3.26. The smallest absolute Gasteiger partial charge is 0.183 e. The summed E-state index contributed by atoms with van der Waals surface area (Å²) in [6.07, 6.45) is 0. The SMILES string of the molecule is NCc1ccc(F)cc1CS(=O)(=O)c1ccccc1Br. The maximum absolute atomic E-state index is 13.3. The van der Waals surface area contributed by atoms with Crippen molar-refractivity contribution in [3.05, 3.63) is 63.9 Å². The average molecular weight is 358 g/mol. The van der Waals surface area contributed by atoms with E-state index in [0.717, 1.165) is 0 Å². The van der Waals surface area contributed by atoms with Gasteiger partial charge in [-0.15, -0.1) is 0 Å². The first kappa shape index (κ1) is 15.2. The van der Waals surface area contributed by atoms with Gasteiger partial charge in [-0.05, 0) is 51.3 Å². The normalized spacial score (nSPS) is 11.6. The summed E-state index contributed by atoms with van der Waals surface area (Å²) < 4.78 is 38.6. The van der Waals surface area contributed by atoms with Gasteiger partial charge in [0.25, 0.3) is 0 Å². The van der Waals surface area contributed by atoms with Crippen LogP contribution in [-0.2, 0) is 22.1 Å². The Bertz CT molecular complexity index is 732. The predicted molar refractivity (Wildman–Crippen MR) is 79.3 cm³/mol. The second-order valence-corrected chi connectivity index (χ2v) is 7.12. The van der Waals surface area contributed by atoms with Crippen molar-refractivity contribution < 1.29 is 12.8 Å². The van der Waals surface area contributed by atoms with Crippen molar-refractivity contribution in [3.8, 4) is 0 Å². The summed E-state index contributed by atoms with van der Waals surface area (Å²) in [5.74, 6) is -0.751. The summed E-state index contributed by atoms with van der Waals surface area (Å²) in [5, 5.41) is 0.